The highest BCUT2D eigenvalue weighted by Gasteiger charge is 2.22. The van der Waals surface area contributed by atoms with Crippen molar-refractivity contribution in [1.82, 2.24) is 5.32 Å². The lowest BCUT2D eigenvalue weighted by Gasteiger charge is -2.14. The molecule has 0 saturated carbocycles. The van der Waals surface area contributed by atoms with E-state index in [0.717, 1.165) is 0 Å². The summed E-state index contributed by atoms with van der Waals surface area (Å²) in [5.74, 6) is -1.95. The van der Waals surface area contributed by atoms with Gasteiger partial charge in [-0.15, -0.1) is 0 Å². The van der Waals surface area contributed by atoms with Crippen LogP contribution in [0.25, 0.3) is 0 Å². The van der Waals surface area contributed by atoms with E-state index in [1.54, 1.807) is 12.1 Å². The number of esters is 1. The molecule has 6 nitrogen and oxygen atoms in total. The Kier molecular flexibility index (Phi) is 5.94. The molecule has 1 atom stereocenters. The van der Waals surface area contributed by atoms with Gasteiger partial charge in [-0.2, -0.15) is 0 Å². The van der Waals surface area contributed by atoms with Crippen LogP contribution in [0.15, 0.2) is 42.5 Å². The summed E-state index contributed by atoms with van der Waals surface area (Å²) >= 11 is 0. The van der Waals surface area contributed by atoms with E-state index in [9.17, 15) is 19.1 Å². The number of halogens is 1. The Labute approximate surface area is 144 Å². The number of aromatic hydroxyl groups is 1. The van der Waals surface area contributed by atoms with Crippen LogP contribution < -0.4 is 10.1 Å². The zero-order valence-electron chi connectivity index (χ0n) is 13.8. The van der Waals surface area contributed by atoms with Gasteiger partial charge >= 0.3 is 5.97 Å². The molecule has 0 radical (unpaired) electrons. The summed E-state index contributed by atoms with van der Waals surface area (Å²) in [5, 5.41) is 12.5. The largest absolute Gasteiger partial charge is 0.504 e. The number of ether oxygens (including phenoxy) is 2. The summed E-state index contributed by atoms with van der Waals surface area (Å²) in [7, 11) is 1.36. The summed E-state index contributed by atoms with van der Waals surface area (Å²) < 4.78 is 22.8. The zero-order valence-corrected chi connectivity index (χ0v) is 13.8. The lowest BCUT2D eigenvalue weighted by atomic mass is 10.2. The Balaban J connectivity index is 1.94. The first kappa shape index (κ1) is 18.3. The Morgan fingerprint density at radius 3 is 2.52 bits per heavy atom. The standard InChI is InChI=1S/C18H18FNO5/c1-11(17(22)20-10-12-6-8-13(19)9-7-12)25-18(23)14-4-3-5-15(24-2)16(14)21/h3-9,11,21H,10H2,1-2H3,(H,20,22). The van der Waals surface area contributed by atoms with Crippen molar-refractivity contribution in [1.29, 1.82) is 0 Å². The fourth-order valence-electron chi connectivity index (χ4n) is 2.06. The molecule has 2 aromatic rings. The molecule has 1 unspecified atom stereocenters. The van der Waals surface area contributed by atoms with Crippen LogP contribution in [0.4, 0.5) is 4.39 Å². The molecule has 0 aromatic heterocycles. The molecule has 0 bridgehead atoms. The normalized spacial score (nSPS) is 11.5. The number of phenols is 1. The fraction of sp³-hybridized carbons (Fsp3) is 0.222. The summed E-state index contributed by atoms with van der Waals surface area (Å²) in [6.45, 7) is 1.58. The molecule has 0 saturated heterocycles. The highest BCUT2D eigenvalue weighted by atomic mass is 19.1. The molecule has 0 aliphatic heterocycles. The average Bonchev–Trinajstić information content (AvgIpc) is 2.61. The maximum Gasteiger partial charge on any atom is 0.342 e. The Morgan fingerprint density at radius 2 is 1.88 bits per heavy atom. The SMILES string of the molecule is COc1cccc(C(=O)OC(C)C(=O)NCc2ccc(F)cc2)c1O. The third-order valence-electron chi connectivity index (χ3n) is 3.47. The molecule has 2 rings (SSSR count). The predicted molar refractivity (Wildman–Crippen MR) is 87.8 cm³/mol. The summed E-state index contributed by atoms with van der Waals surface area (Å²) in [6, 6.07) is 10.0. The fourth-order valence-corrected chi connectivity index (χ4v) is 2.06. The number of methoxy groups -OCH3 is 1. The van der Waals surface area contributed by atoms with Crippen molar-refractivity contribution in [2.75, 3.05) is 7.11 Å². The molecule has 2 aromatic carbocycles. The topological polar surface area (TPSA) is 84.9 Å². The molecule has 0 fully saturated rings. The van der Waals surface area contributed by atoms with Gasteiger partial charge in [-0.05, 0) is 36.8 Å². The number of carbonyl (C=O) groups is 2. The van der Waals surface area contributed by atoms with Gasteiger partial charge in [0.1, 0.15) is 11.4 Å². The van der Waals surface area contributed by atoms with Crippen LogP contribution in [0.3, 0.4) is 0 Å². The predicted octanol–water partition coefficient (Wildman–Crippen LogP) is 2.40. The van der Waals surface area contributed by atoms with Crippen molar-refractivity contribution in [3.63, 3.8) is 0 Å². The Hall–Kier alpha value is -3.09. The van der Waals surface area contributed by atoms with Crippen molar-refractivity contribution < 1.29 is 28.6 Å². The maximum absolute atomic E-state index is 12.8. The van der Waals surface area contributed by atoms with Gasteiger partial charge in [-0.1, -0.05) is 18.2 Å². The van der Waals surface area contributed by atoms with E-state index in [1.165, 1.54) is 44.4 Å². The number of hydrogen-bond donors (Lipinski definition) is 2. The third kappa shape index (κ3) is 4.69. The minimum absolute atomic E-state index is 0.0995. The van der Waals surface area contributed by atoms with Gasteiger partial charge < -0.3 is 19.9 Å². The van der Waals surface area contributed by atoms with Crippen molar-refractivity contribution in [3.05, 3.63) is 59.4 Å². The molecule has 0 spiro atoms. The van der Waals surface area contributed by atoms with Crippen LogP contribution in [0.1, 0.15) is 22.8 Å². The second kappa shape index (κ2) is 8.14. The molecular weight excluding hydrogens is 329 g/mol. The lowest BCUT2D eigenvalue weighted by molar-refractivity contribution is -0.129. The number of carbonyl (C=O) groups excluding carboxylic acids is 2. The molecule has 0 aliphatic carbocycles. The number of nitrogens with one attached hydrogen (secondary N) is 1. The zero-order chi connectivity index (χ0) is 18.4. The van der Waals surface area contributed by atoms with E-state index >= 15 is 0 Å². The summed E-state index contributed by atoms with van der Waals surface area (Å²) in [6.07, 6.45) is -1.07. The van der Waals surface area contributed by atoms with Gasteiger partial charge in [0, 0.05) is 6.54 Å². The van der Waals surface area contributed by atoms with E-state index in [0.29, 0.717) is 5.56 Å². The molecular formula is C18H18FNO5. The number of phenolic OH excluding ortho intramolecular Hbond substituents is 1. The number of amides is 1. The second-order valence-corrected chi connectivity index (χ2v) is 5.25. The van der Waals surface area contributed by atoms with Crippen LogP contribution in [0, 0.1) is 5.82 Å². The highest BCUT2D eigenvalue weighted by molar-refractivity contribution is 5.95. The van der Waals surface area contributed by atoms with Crippen molar-refractivity contribution in [3.8, 4) is 11.5 Å². The quantitative estimate of drug-likeness (QED) is 0.784. The Morgan fingerprint density at radius 1 is 1.20 bits per heavy atom. The van der Waals surface area contributed by atoms with Gasteiger partial charge in [0.05, 0.1) is 7.11 Å². The van der Waals surface area contributed by atoms with Crippen LogP contribution in [-0.2, 0) is 16.1 Å². The van der Waals surface area contributed by atoms with Gasteiger partial charge in [0.25, 0.3) is 5.91 Å². The van der Waals surface area contributed by atoms with Gasteiger partial charge in [0.2, 0.25) is 0 Å². The second-order valence-electron chi connectivity index (χ2n) is 5.25. The van der Waals surface area contributed by atoms with E-state index in [4.69, 9.17) is 9.47 Å². The third-order valence-corrected chi connectivity index (χ3v) is 3.47. The minimum atomic E-state index is -1.07. The van der Waals surface area contributed by atoms with Crippen molar-refractivity contribution in [2.45, 2.75) is 19.6 Å². The van der Waals surface area contributed by atoms with Crippen LogP contribution in [0.2, 0.25) is 0 Å². The molecule has 0 aliphatic rings. The molecule has 7 heteroatoms. The average molecular weight is 347 g/mol. The molecule has 2 N–H and O–H groups in total. The molecule has 1 amide bonds. The monoisotopic (exact) mass is 347 g/mol. The van der Waals surface area contributed by atoms with Gasteiger partial charge in [-0.3, -0.25) is 4.79 Å². The maximum atomic E-state index is 12.8. The Bertz CT molecular complexity index is 761. The highest BCUT2D eigenvalue weighted by Crippen LogP contribution is 2.29. The minimum Gasteiger partial charge on any atom is -0.504 e. The van der Waals surface area contributed by atoms with E-state index in [1.807, 2.05) is 0 Å². The van der Waals surface area contributed by atoms with E-state index in [-0.39, 0.29) is 29.4 Å². The van der Waals surface area contributed by atoms with Crippen molar-refractivity contribution >= 4 is 11.9 Å². The summed E-state index contributed by atoms with van der Waals surface area (Å²) in [5.41, 5.74) is 0.608. The first-order valence-electron chi connectivity index (χ1n) is 7.51. The number of hydrogen-bond acceptors (Lipinski definition) is 5. The number of rotatable bonds is 6. The van der Waals surface area contributed by atoms with E-state index < -0.39 is 18.0 Å². The molecule has 0 heterocycles. The molecule has 132 valence electrons. The summed E-state index contributed by atoms with van der Waals surface area (Å²) in [4.78, 5) is 24.1. The molecule has 25 heavy (non-hydrogen) atoms. The first-order chi connectivity index (χ1) is 11.9. The van der Waals surface area contributed by atoms with Crippen LogP contribution >= 0.6 is 0 Å². The number of para-hydroxylation sites is 1. The van der Waals surface area contributed by atoms with Gasteiger partial charge in [0.15, 0.2) is 17.6 Å². The van der Waals surface area contributed by atoms with Crippen molar-refractivity contribution in [2.24, 2.45) is 0 Å². The number of benzene rings is 2. The van der Waals surface area contributed by atoms with Gasteiger partial charge in [-0.25, -0.2) is 9.18 Å². The van der Waals surface area contributed by atoms with Crippen LogP contribution in [0.5, 0.6) is 11.5 Å². The van der Waals surface area contributed by atoms with E-state index in [2.05, 4.69) is 5.32 Å². The lowest BCUT2D eigenvalue weighted by Crippen LogP contribution is -2.35. The first-order valence-corrected chi connectivity index (χ1v) is 7.51. The smallest absolute Gasteiger partial charge is 0.342 e. The van der Waals surface area contributed by atoms with Crippen LogP contribution in [-0.4, -0.2) is 30.2 Å².